The Morgan fingerprint density at radius 3 is 2.85 bits per heavy atom. The smallest absolute Gasteiger partial charge is 0.254 e. The molecule has 138 valence electrons. The van der Waals surface area contributed by atoms with Crippen molar-refractivity contribution < 1.29 is 9.32 Å². The zero-order chi connectivity index (χ0) is 18.8. The van der Waals surface area contributed by atoms with Crippen molar-refractivity contribution in [1.29, 1.82) is 0 Å². The van der Waals surface area contributed by atoms with Gasteiger partial charge in [0.15, 0.2) is 0 Å². The number of amides is 1. The fourth-order valence-corrected chi connectivity index (χ4v) is 3.68. The molecule has 0 spiro atoms. The number of piperidine rings is 1. The molecule has 4 rings (SSSR count). The van der Waals surface area contributed by atoms with Crippen LogP contribution in [0.5, 0.6) is 0 Å². The molecule has 1 aliphatic heterocycles. The first-order chi connectivity index (χ1) is 13.1. The number of hydrogen-bond acceptors (Lipinski definition) is 4. The Bertz CT molecular complexity index is 969. The van der Waals surface area contributed by atoms with E-state index in [-0.39, 0.29) is 11.9 Å². The molecule has 0 bridgehead atoms. The maximum atomic E-state index is 13.0. The van der Waals surface area contributed by atoms with Crippen LogP contribution in [0.3, 0.4) is 0 Å². The molecule has 2 heterocycles. The predicted molar refractivity (Wildman–Crippen MR) is 104 cm³/mol. The average molecular weight is 382 g/mol. The van der Waals surface area contributed by atoms with E-state index in [9.17, 15) is 4.79 Å². The number of hydrogen-bond donors (Lipinski definition) is 0. The molecule has 27 heavy (non-hydrogen) atoms. The van der Waals surface area contributed by atoms with Crippen LogP contribution in [0.25, 0.3) is 11.4 Å². The second-order valence-electron chi connectivity index (χ2n) is 6.85. The van der Waals surface area contributed by atoms with Gasteiger partial charge in [0, 0.05) is 22.7 Å². The Hall–Kier alpha value is -2.66. The van der Waals surface area contributed by atoms with Gasteiger partial charge in [-0.1, -0.05) is 46.6 Å². The number of benzene rings is 2. The number of aromatic nitrogens is 2. The van der Waals surface area contributed by atoms with Crippen LogP contribution < -0.4 is 0 Å². The van der Waals surface area contributed by atoms with E-state index in [1.165, 1.54) is 0 Å². The Kier molecular flexibility index (Phi) is 4.94. The fourth-order valence-electron chi connectivity index (χ4n) is 3.49. The van der Waals surface area contributed by atoms with E-state index in [0.29, 0.717) is 28.8 Å². The Balaban J connectivity index is 1.62. The molecule has 1 aromatic heterocycles. The molecule has 6 heteroatoms. The minimum atomic E-state index is -0.212. The maximum Gasteiger partial charge on any atom is 0.254 e. The van der Waals surface area contributed by atoms with Crippen LogP contribution in [0.2, 0.25) is 5.02 Å². The van der Waals surface area contributed by atoms with E-state index in [0.717, 1.165) is 30.4 Å². The SMILES string of the molecule is Cc1cccc(-c2noc(C3CCCCN3C(=O)c3cccc(Cl)c3)n2)c1. The van der Waals surface area contributed by atoms with Crippen molar-refractivity contribution in [3.05, 3.63) is 70.6 Å². The van der Waals surface area contributed by atoms with Crippen molar-refractivity contribution >= 4 is 17.5 Å². The third-order valence-corrected chi connectivity index (χ3v) is 5.07. The van der Waals surface area contributed by atoms with Crippen LogP contribution in [-0.4, -0.2) is 27.5 Å². The molecular weight excluding hydrogens is 362 g/mol. The van der Waals surface area contributed by atoms with Gasteiger partial charge in [-0.3, -0.25) is 4.79 Å². The van der Waals surface area contributed by atoms with Crippen molar-refractivity contribution in [2.24, 2.45) is 0 Å². The molecule has 3 aromatic rings. The minimum absolute atomic E-state index is 0.0579. The van der Waals surface area contributed by atoms with Gasteiger partial charge >= 0.3 is 0 Å². The van der Waals surface area contributed by atoms with Gasteiger partial charge in [-0.15, -0.1) is 0 Å². The van der Waals surface area contributed by atoms with E-state index < -0.39 is 0 Å². The first-order valence-corrected chi connectivity index (χ1v) is 9.47. The fraction of sp³-hybridized carbons (Fsp3) is 0.286. The summed E-state index contributed by atoms with van der Waals surface area (Å²) in [5.41, 5.74) is 2.62. The molecule has 1 fully saturated rings. The van der Waals surface area contributed by atoms with Crippen molar-refractivity contribution in [1.82, 2.24) is 15.0 Å². The highest BCUT2D eigenvalue weighted by atomic mass is 35.5. The maximum absolute atomic E-state index is 13.0. The molecule has 0 aliphatic carbocycles. The summed E-state index contributed by atoms with van der Waals surface area (Å²) < 4.78 is 5.56. The molecule has 1 saturated heterocycles. The first kappa shape index (κ1) is 17.7. The number of rotatable bonds is 3. The van der Waals surface area contributed by atoms with Gasteiger partial charge in [0.25, 0.3) is 5.91 Å². The van der Waals surface area contributed by atoms with Gasteiger partial charge in [-0.05, 0) is 50.5 Å². The summed E-state index contributed by atoms with van der Waals surface area (Å²) in [6, 6.07) is 14.8. The van der Waals surface area contributed by atoms with Gasteiger partial charge in [0.05, 0.1) is 0 Å². The van der Waals surface area contributed by atoms with E-state index >= 15 is 0 Å². The summed E-state index contributed by atoms with van der Waals surface area (Å²) in [5, 5.41) is 4.69. The monoisotopic (exact) mass is 381 g/mol. The summed E-state index contributed by atoms with van der Waals surface area (Å²) in [6.45, 7) is 2.69. The number of halogens is 1. The van der Waals surface area contributed by atoms with Gasteiger partial charge in [0.1, 0.15) is 6.04 Å². The van der Waals surface area contributed by atoms with Gasteiger partial charge in [-0.25, -0.2) is 0 Å². The van der Waals surface area contributed by atoms with E-state index in [1.807, 2.05) is 36.1 Å². The highest BCUT2D eigenvalue weighted by molar-refractivity contribution is 6.30. The third kappa shape index (κ3) is 3.74. The zero-order valence-corrected chi connectivity index (χ0v) is 15.8. The first-order valence-electron chi connectivity index (χ1n) is 9.09. The molecule has 1 amide bonds. The Morgan fingerprint density at radius 2 is 2.04 bits per heavy atom. The van der Waals surface area contributed by atoms with Crippen LogP contribution in [0.15, 0.2) is 53.1 Å². The molecular formula is C21H20ClN3O2. The second kappa shape index (κ2) is 7.53. The van der Waals surface area contributed by atoms with E-state index in [1.54, 1.807) is 24.3 Å². The normalized spacial score (nSPS) is 17.1. The van der Waals surface area contributed by atoms with Gasteiger partial charge < -0.3 is 9.42 Å². The molecule has 1 unspecified atom stereocenters. The summed E-state index contributed by atoms with van der Waals surface area (Å²) in [5.74, 6) is 0.980. The molecule has 0 radical (unpaired) electrons. The van der Waals surface area contributed by atoms with E-state index in [2.05, 4.69) is 10.1 Å². The molecule has 5 nitrogen and oxygen atoms in total. The lowest BCUT2D eigenvalue weighted by molar-refractivity contribution is 0.0561. The standard InChI is InChI=1S/C21H20ClN3O2/c1-14-6-4-7-15(12-14)19-23-20(27-24-19)18-10-2-3-11-25(18)21(26)16-8-5-9-17(22)13-16/h4-9,12-13,18H,2-3,10-11H2,1H3. The number of carbonyl (C=O) groups excluding carboxylic acids is 1. The van der Waals surface area contributed by atoms with Gasteiger partial charge in [-0.2, -0.15) is 4.98 Å². The van der Waals surface area contributed by atoms with Crippen LogP contribution in [0, 0.1) is 6.92 Å². The lowest BCUT2D eigenvalue weighted by atomic mass is 10.0. The van der Waals surface area contributed by atoms with Gasteiger partial charge in [0.2, 0.25) is 11.7 Å². The molecule has 0 N–H and O–H groups in total. The Labute approximate surface area is 163 Å². The number of aryl methyl sites for hydroxylation is 1. The van der Waals surface area contributed by atoms with Crippen LogP contribution in [-0.2, 0) is 0 Å². The van der Waals surface area contributed by atoms with Crippen molar-refractivity contribution in [2.75, 3.05) is 6.54 Å². The summed E-state index contributed by atoms with van der Waals surface area (Å²) in [6.07, 6.45) is 2.79. The largest absolute Gasteiger partial charge is 0.337 e. The highest BCUT2D eigenvalue weighted by Crippen LogP contribution is 2.32. The van der Waals surface area contributed by atoms with Crippen LogP contribution in [0.1, 0.15) is 47.1 Å². The Morgan fingerprint density at radius 1 is 1.19 bits per heavy atom. The minimum Gasteiger partial charge on any atom is -0.337 e. The quantitative estimate of drug-likeness (QED) is 0.635. The van der Waals surface area contributed by atoms with E-state index in [4.69, 9.17) is 16.1 Å². The topological polar surface area (TPSA) is 59.2 Å². The van der Waals surface area contributed by atoms with Crippen molar-refractivity contribution in [3.8, 4) is 11.4 Å². The number of nitrogens with zero attached hydrogens (tertiary/aromatic N) is 3. The molecule has 1 aliphatic rings. The summed E-state index contributed by atoms with van der Waals surface area (Å²) in [7, 11) is 0. The summed E-state index contributed by atoms with van der Waals surface area (Å²) in [4.78, 5) is 19.4. The number of likely N-dealkylation sites (tertiary alicyclic amines) is 1. The molecule has 0 saturated carbocycles. The van der Waals surface area contributed by atoms with Crippen molar-refractivity contribution in [2.45, 2.75) is 32.2 Å². The molecule has 1 atom stereocenters. The van der Waals surface area contributed by atoms with Crippen LogP contribution in [0.4, 0.5) is 0 Å². The average Bonchev–Trinajstić information content (AvgIpc) is 3.17. The number of carbonyl (C=O) groups is 1. The van der Waals surface area contributed by atoms with Crippen molar-refractivity contribution in [3.63, 3.8) is 0 Å². The zero-order valence-electron chi connectivity index (χ0n) is 15.1. The molecule has 2 aromatic carbocycles. The van der Waals surface area contributed by atoms with Crippen LogP contribution >= 0.6 is 11.6 Å². The lowest BCUT2D eigenvalue weighted by Gasteiger charge is -2.33. The second-order valence-corrected chi connectivity index (χ2v) is 7.28. The lowest BCUT2D eigenvalue weighted by Crippen LogP contribution is -2.38. The highest BCUT2D eigenvalue weighted by Gasteiger charge is 2.32. The summed E-state index contributed by atoms with van der Waals surface area (Å²) >= 11 is 6.05. The third-order valence-electron chi connectivity index (χ3n) is 4.84. The predicted octanol–water partition coefficient (Wildman–Crippen LogP) is 5.07.